The number of thiazole rings is 1. The fraction of sp³-hybridized carbons (Fsp3) is 0.250. The van der Waals surface area contributed by atoms with E-state index in [0.29, 0.717) is 17.0 Å². The Balaban J connectivity index is 1.57. The number of methoxy groups -OCH3 is 2. The first-order valence-corrected chi connectivity index (χ1v) is 11.5. The first-order chi connectivity index (χ1) is 16.9. The van der Waals surface area contributed by atoms with Crippen LogP contribution < -0.4 is 15.4 Å². The highest BCUT2D eigenvalue weighted by atomic mass is 32.1. The highest BCUT2D eigenvalue weighted by Gasteiger charge is 2.20. The standard InChI is InChI=1S/C24H25FN4O5S/c1-33-12-11-29(23(32)16-7-9-18(34-2)10-8-16)14-22(31)28-24-26-17(15-35-24)13-21(30)27-20-6-4-3-5-19(20)25/h3-10,15H,11-14H2,1-2H3,(H,27,30)(H,26,28,31). The molecule has 2 aromatic carbocycles. The van der Waals surface area contributed by atoms with Gasteiger partial charge in [-0.05, 0) is 36.4 Å². The number of nitrogens with one attached hydrogen (secondary N) is 2. The van der Waals surface area contributed by atoms with Crippen molar-refractivity contribution in [2.24, 2.45) is 0 Å². The number of aromatic nitrogens is 1. The first kappa shape index (κ1) is 25.8. The van der Waals surface area contributed by atoms with Gasteiger partial charge in [0, 0.05) is 24.6 Å². The smallest absolute Gasteiger partial charge is 0.254 e. The third-order valence-electron chi connectivity index (χ3n) is 4.81. The van der Waals surface area contributed by atoms with Crippen LogP contribution in [0.15, 0.2) is 53.9 Å². The zero-order valence-electron chi connectivity index (χ0n) is 19.2. The van der Waals surface area contributed by atoms with Gasteiger partial charge in [0.05, 0.1) is 31.5 Å². The summed E-state index contributed by atoms with van der Waals surface area (Å²) in [5, 5.41) is 7.05. The summed E-state index contributed by atoms with van der Waals surface area (Å²) in [5.41, 5.74) is 0.913. The number of anilines is 2. The minimum absolute atomic E-state index is 0.0823. The van der Waals surface area contributed by atoms with E-state index in [4.69, 9.17) is 9.47 Å². The average molecular weight is 501 g/mol. The van der Waals surface area contributed by atoms with Gasteiger partial charge in [0.2, 0.25) is 11.8 Å². The number of carbonyl (C=O) groups excluding carboxylic acids is 3. The number of amides is 3. The van der Waals surface area contributed by atoms with Gasteiger partial charge in [0.25, 0.3) is 5.91 Å². The molecule has 1 heterocycles. The number of hydrogen-bond acceptors (Lipinski definition) is 7. The van der Waals surface area contributed by atoms with Crippen LogP contribution in [0, 0.1) is 5.82 Å². The molecule has 0 aliphatic heterocycles. The number of para-hydroxylation sites is 1. The summed E-state index contributed by atoms with van der Waals surface area (Å²) in [7, 11) is 3.04. The quantitative estimate of drug-likeness (QED) is 0.419. The molecule has 184 valence electrons. The van der Waals surface area contributed by atoms with E-state index in [1.54, 1.807) is 35.7 Å². The van der Waals surface area contributed by atoms with Crippen molar-refractivity contribution in [2.45, 2.75) is 6.42 Å². The van der Waals surface area contributed by atoms with Crippen molar-refractivity contribution in [3.05, 3.63) is 71.0 Å². The van der Waals surface area contributed by atoms with Gasteiger partial charge < -0.3 is 25.0 Å². The Morgan fingerprint density at radius 1 is 1.03 bits per heavy atom. The average Bonchev–Trinajstić information content (AvgIpc) is 3.29. The molecule has 1 aromatic heterocycles. The molecule has 0 fully saturated rings. The molecular formula is C24H25FN4O5S. The van der Waals surface area contributed by atoms with E-state index in [-0.39, 0.29) is 42.8 Å². The molecule has 35 heavy (non-hydrogen) atoms. The Bertz CT molecular complexity index is 1170. The van der Waals surface area contributed by atoms with Crippen LogP contribution >= 0.6 is 11.3 Å². The van der Waals surface area contributed by atoms with Gasteiger partial charge >= 0.3 is 0 Å². The molecule has 9 nitrogen and oxygen atoms in total. The number of nitrogens with zero attached hydrogens (tertiary/aromatic N) is 2. The molecule has 0 atom stereocenters. The van der Waals surface area contributed by atoms with E-state index in [2.05, 4.69) is 15.6 Å². The summed E-state index contributed by atoms with van der Waals surface area (Å²) in [4.78, 5) is 43.3. The first-order valence-electron chi connectivity index (χ1n) is 10.6. The van der Waals surface area contributed by atoms with Crippen molar-refractivity contribution in [3.63, 3.8) is 0 Å². The third kappa shape index (κ3) is 7.59. The molecule has 0 unspecified atom stereocenters. The molecule has 0 aliphatic rings. The van der Waals surface area contributed by atoms with Crippen molar-refractivity contribution >= 4 is 39.9 Å². The van der Waals surface area contributed by atoms with Crippen LogP contribution in [0.4, 0.5) is 15.2 Å². The molecule has 0 radical (unpaired) electrons. The highest BCUT2D eigenvalue weighted by molar-refractivity contribution is 7.13. The Labute approximate surface area is 205 Å². The van der Waals surface area contributed by atoms with Crippen LogP contribution in [0.5, 0.6) is 5.75 Å². The van der Waals surface area contributed by atoms with Crippen molar-refractivity contribution in [1.29, 1.82) is 0 Å². The van der Waals surface area contributed by atoms with Crippen molar-refractivity contribution in [3.8, 4) is 5.75 Å². The summed E-state index contributed by atoms with van der Waals surface area (Å²) >= 11 is 1.14. The monoisotopic (exact) mass is 500 g/mol. The lowest BCUT2D eigenvalue weighted by molar-refractivity contribution is -0.117. The Morgan fingerprint density at radius 3 is 2.46 bits per heavy atom. The minimum Gasteiger partial charge on any atom is -0.497 e. The molecule has 2 N–H and O–H groups in total. The van der Waals surface area contributed by atoms with E-state index in [9.17, 15) is 18.8 Å². The Hall–Kier alpha value is -3.83. The molecule has 0 aliphatic carbocycles. The van der Waals surface area contributed by atoms with Crippen LogP contribution in [0.3, 0.4) is 0 Å². The van der Waals surface area contributed by atoms with Crippen LogP contribution in [0.2, 0.25) is 0 Å². The number of rotatable bonds is 11. The Kier molecular flexibility index (Phi) is 9.27. The third-order valence-corrected chi connectivity index (χ3v) is 5.62. The number of ether oxygens (including phenoxy) is 2. The lowest BCUT2D eigenvalue weighted by Gasteiger charge is -2.21. The number of benzene rings is 2. The van der Waals surface area contributed by atoms with Gasteiger partial charge in [0.15, 0.2) is 5.13 Å². The van der Waals surface area contributed by atoms with Gasteiger partial charge in [-0.1, -0.05) is 12.1 Å². The summed E-state index contributed by atoms with van der Waals surface area (Å²) in [6, 6.07) is 12.4. The molecule has 3 amide bonds. The van der Waals surface area contributed by atoms with E-state index >= 15 is 0 Å². The fourth-order valence-electron chi connectivity index (χ4n) is 3.07. The topological polar surface area (TPSA) is 110 Å². The second kappa shape index (κ2) is 12.6. The van der Waals surface area contributed by atoms with E-state index in [1.807, 2.05) is 0 Å². The molecular weight excluding hydrogens is 475 g/mol. The number of halogens is 1. The summed E-state index contributed by atoms with van der Waals surface area (Å²) in [5.74, 6) is -1.13. The van der Waals surface area contributed by atoms with Crippen LogP contribution in [0.1, 0.15) is 16.1 Å². The normalized spacial score (nSPS) is 10.5. The minimum atomic E-state index is -0.533. The van der Waals surface area contributed by atoms with Gasteiger partial charge in [-0.2, -0.15) is 0 Å². The zero-order valence-corrected chi connectivity index (χ0v) is 20.1. The van der Waals surface area contributed by atoms with E-state index in [0.717, 1.165) is 11.3 Å². The predicted octanol–water partition coefficient (Wildman–Crippen LogP) is 3.20. The maximum absolute atomic E-state index is 13.7. The largest absolute Gasteiger partial charge is 0.497 e. The molecule has 0 bridgehead atoms. The second-order valence-corrected chi connectivity index (χ2v) is 8.20. The second-order valence-electron chi connectivity index (χ2n) is 7.34. The fourth-order valence-corrected chi connectivity index (χ4v) is 3.80. The van der Waals surface area contributed by atoms with Gasteiger partial charge in [-0.25, -0.2) is 9.37 Å². The van der Waals surface area contributed by atoms with E-state index < -0.39 is 17.6 Å². The van der Waals surface area contributed by atoms with Crippen molar-refractivity contribution in [1.82, 2.24) is 9.88 Å². The molecule has 0 saturated heterocycles. The van der Waals surface area contributed by atoms with Crippen LogP contribution in [-0.4, -0.2) is 61.5 Å². The maximum atomic E-state index is 13.7. The zero-order chi connectivity index (χ0) is 25.2. The van der Waals surface area contributed by atoms with Crippen LogP contribution in [0.25, 0.3) is 0 Å². The molecule has 3 aromatic rings. The maximum Gasteiger partial charge on any atom is 0.254 e. The predicted molar refractivity (Wildman–Crippen MR) is 130 cm³/mol. The number of carbonyl (C=O) groups is 3. The molecule has 11 heteroatoms. The lowest BCUT2D eigenvalue weighted by atomic mass is 10.2. The Morgan fingerprint density at radius 2 is 1.77 bits per heavy atom. The molecule has 3 rings (SSSR count). The molecule has 0 spiro atoms. The number of hydrogen-bond donors (Lipinski definition) is 2. The summed E-state index contributed by atoms with van der Waals surface area (Å²) in [6.07, 6.45) is -0.0867. The van der Waals surface area contributed by atoms with Gasteiger partial charge in [0.1, 0.15) is 18.1 Å². The summed E-state index contributed by atoms with van der Waals surface area (Å²) < 4.78 is 23.9. The molecule has 0 saturated carbocycles. The SMILES string of the molecule is COCCN(CC(=O)Nc1nc(CC(=O)Nc2ccccc2F)cs1)C(=O)c1ccc(OC)cc1. The van der Waals surface area contributed by atoms with Gasteiger partial charge in [-0.3, -0.25) is 14.4 Å². The highest BCUT2D eigenvalue weighted by Crippen LogP contribution is 2.18. The van der Waals surface area contributed by atoms with Crippen molar-refractivity contribution in [2.75, 3.05) is 44.5 Å². The van der Waals surface area contributed by atoms with Gasteiger partial charge in [-0.15, -0.1) is 11.3 Å². The van der Waals surface area contributed by atoms with Crippen molar-refractivity contribution < 1.29 is 28.2 Å². The lowest BCUT2D eigenvalue weighted by Crippen LogP contribution is -2.40. The van der Waals surface area contributed by atoms with Crippen LogP contribution in [-0.2, 0) is 20.7 Å². The van der Waals surface area contributed by atoms with E-state index in [1.165, 1.54) is 37.3 Å². The summed E-state index contributed by atoms with van der Waals surface area (Å²) in [6.45, 7) is 0.263.